The molecule has 0 spiro atoms. The average Bonchev–Trinajstić information content (AvgIpc) is 2.29. The lowest BCUT2D eigenvalue weighted by Gasteiger charge is -2.31. The summed E-state index contributed by atoms with van der Waals surface area (Å²) in [6.45, 7) is 9.97. The Labute approximate surface area is 108 Å². The Morgan fingerprint density at radius 3 is 1.59 bits per heavy atom. The number of nitrogens with zero attached hydrogens (tertiary/aromatic N) is 1. The predicted molar refractivity (Wildman–Crippen MR) is 73.2 cm³/mol. The maximum Gasteiger partial charge on any atom is 0.500 e. The van der Waals surface area contributed by atoms with Gasteiger partial charge in [-0.3, -0.25) is 4.90 Å². The van der Waals surface area contributed by atoms with Crippen LogP contribution in [0.15, 0.2) is 0 Å². The molecule has 0 aromatic rings. The van der Waals surface area contributed by atoms with Crippen LogP contribution in [0.4, 0.5) is 0 Å². The summed E-state index contributed by atoms with van der Waals surface area (Å²) < 4.78 is 16.2. The maximum absolute atomic E-state index is 5.41. The first kappa shape index (κ1) is 17.1. The van der Waals surface area contributed by atoms with E-state index < -0.39 is 8.80 Å². The highest BCUT2D eigenvalue weighted by molar-refractivity contribution is 6.60. The van der Waals surface area contributed by atoms with Crippen LogP contribution in [0.5, 0.6) is 0 Å². The molecular weight excluding hydrogens is 234 g/mol. The Bertz CT molecular complexity index is 180. The molecule has 0 aliphatic carbocycles. The van der Waals surface area contributed by atoms with Gasteiger partial charge in [0.25, 0.3) is 0 Å². The van der Waals surface area contributed by atoms with Gasteiger partial charge in [0.15, 0.2) is 0 Å². The van der Waals surface area contributed by atoms with E-state index in [1.165, 1.54) is 0 Å². The van der Waals surface area contributed by atoms with Gasteiger partial charge in [-0.15, -0.1) is 0 Å². The summed E-state index contributed by atoms with van der Waals surface area (Å²) in [7, 11) is 2.63. The van der Waals surface area contributed by atoms with E-state index in [4.69, 9.17) is 13.3 Å². The van der Waals surface area contributed by atoms with Crippen molar-refractivity contribution in [3.05, 3.63) is 0 Å². The zero-order valence-corrected chi connectivity index (χ0v) is 13.4. The van der Waals surface area contributed by atoms with Crippen molar-refractivity contribution < 1.29 is 13.3 Å². The molecule has 0 bridgehead atoms. The third-order valence-corrected chi connectivity index (χ3v) is 5.99. The zero-order chi connectivity index (χ0) is 13.5. The average molecular weight is 263 g/mol. The summed E-state index contributed by atoms with van der Waals surface area (Å²) in [5.41, 5.74) is 0. The van der Waals surface area contributed by atoms with Gasteiger partial charge in [-0.1, -0.05) is 0 Å². The molecule has 0 unspecified atom stereocenters. The van der Waals surface area contributed by atoms with Crippen molar-refractivity contribution in [3.8, 4) is 0 Å². The minimum absolute atomic E-state index is 0.568. The number of hydrogen-bond acceptors (Lipinski definition) is 4. The Kier molecular flexibility index (Phi) is 8.24. The molecule has 0 atom stereocenters. The van der Waals surface area contributed by atoms with Gasteiger partial charge in [0, 0.05) is 39.5 Å². The highest BCUT2D eigenvalue weighted by atomic mass is 28.4. The molecule has 0 radical (unpaired) electrons. The Morgan fingerprint density at radius 1 is 0.882 bits per heavy atom. The largest absolute Gasteiger partial charge is 0.500 e. The van der Waals surface area contributed by atoms with Crippen LogP contribution in [0.1, 0.15) is 34.1 Å². The molecule has 0 amide bonds. The van der Waals surface area contributed by atoms with Crippen molar-refractivity contribution in [2.45, 2.75) is 52.2 Å². The Morgan fingerprint density at radius 2 is 1.29 bits per heavy atom. The van der Waals surface area contributed by atoms with Gasteiger partial charge in [-0.05, 0) is 40.7 Å². The van der Waals surface area contributed by atoms with Crippen LogP contribution < -0.4 is 0 Å². The van der Waals surface area contributed by atoms with Crippen molar-refractivity contribution >= 4 is 8.80 Å². The monoisotopic (exact) mass is 263 g/mol. The molecule has 4 nitrogen and oxygen atoms in total. The van der Waals surface area contributed by atoms with Crippen LogP contribution in [0, 0.1) is 0 Å². The van der Waals surface area contributed by atoms with Gasteiger partial charge < -0.3 is 13.3 Å². The predicted octanol–water partition coefficient (Wildman–Crippen LogP) is 2.37. The molecule has 5 heteroatoms. The van der Waals surface area contributed by atoms with E-state index in [-0.39, 0.29) is 0 Å². The van der Waals surface area contributed by atoms with Gasteiger partial charge in [-0.25, -0.2) is 0 Å². The quantitative estimate of drug-likeness (QED) is 0.598. The van der Waals surface area contributed by atoms with Crippen molar-refractivity contribution in [3.63, 3.8) is 0 Å². The summed E-state index contributed by atoms with van der Waals surface area (Å²) in [4.78, 5) is 2.47. The van der Waals surface area contributed by atoms with E-state index >= 15 is 0 Å². The van der Waals surface area contributed by atoms with E-state index in [9.17, 15) is 0 Å². The Hall–Kier alpha value is 0.0569. The molecule has 0 heterocycles. The lowest BCUT2D eigenvalue weighted by atomic mass is 10.2. The second-order valence-corrected chi connectivity index (χ2v) is 7.92. The first-order valence-electron chi connectivity index (χ1n) is 6.33. The maximum atomic E-state index is 5.41. The van der Waals surface area contributed by atoms with Gasteiger partial charge in [-0.2, -0.15) is 0 Å². The molecule has 104 valence electrons. The normalized spacial score (nSPS) is 13.1. The van der Waals surface area contributed by atoms with Crippen LogP contribution >= 0.6 is 0 Å². The van der Waals surface area contributed by atoms with Crippen molar-refractivity contribution in [2.24, 2.45) is 0 Å². The molecule has 0 saturated carbocycles. The van der Waals surface area contributed by atoms with Crippen LogP contribution in [0.2, 0.25) is 6.04 Å². The first-order chi connectivity index (χ1) is 7.92. The fourth-order valence-corrected chi connectivity index (χ4v) is 3.85. The van der Waals surface area contributed by atoms with E-state index in [1.54, 1.807) is 21.3 Å². The highest BCUT2D eigenvalue weighted by Gasteiger charge is 2.37. The summed E-state index contributed by atoms with van der Waals surface area (Å²) in [5, 5.41) is 0. The fourth-order valence-electron chi connectivity index (χ4n) is 2.15. The summed E-state index contributed by atoms with van der Waals surface area (Å²) in [6, 6.07) is 2.00. The molecular formula is C12H29NO3Si. The van der Waals surface area contributed by atoms with Crippen LogP contribution in [0.3, 0.4) is 0 Å². The lowest BCUT2D eigenvalue weighted by molar-refractivity contribution is 0.118. The summed E-state index contributed by atoms with van der Waals surface area (Å²) >= 11 is 0. The first-order valence-corrected chi connectivity index (χ1v) is 8.26. The SMILES string of the molecule is CO[Si](CCCN(C(C)C)C(C)C)(OC)OC. The Balaban J connectivity index is 4.19. The van der Waals surface area contributed by atoms with Gasteiger partial charge in [0.2, 0.25) is 0 Å². The standard InChI is InChI=1S/C12H29NO3Si/c1-11(2)13(12(3)4)9-8-10-17(14-5,15-6)16-7/h11-12H,8-10H2,1-7H3. The van der Waals surface area contributed by atoms with Crippen LogP contribution in [-0.4, -0.2) is 53.7 Å². The summed E-state index contributed by atoms with van der Waals surface area (Å²) in [6.07, 6.45) is 1.04. The number of rotatable bonds is 9. The molecule has 0 aliphatic heterocycles. The molecule has 0 aromatic carbocycles. The van der Waals surface area contributed by atoms with E-state index in [1.807, 2.05) is 0 Å². The van der Waals surface area contributed by atoms with Crippen LogP contribution in [0.25, 0.3) is 0 Å². The van der Waals surface area contributed by atoms with Crippen molar-refractivity contribution in [2.75, 3.05) is 27.9 Å². The van der Waals surface area contributed by atoms with Crippen molar-refractivity contribution in [1.29, 1.82) is 0 Å². The molecule has 0 aromatic heterocycles. The topological polar surface area (TPSA) is 30.9 Å². The van der Waals surface area contributed by atoms with Gasteiger partial charge in [0.1, 0.15) is 0 Å². The smallest absolute Gasteiger partial charge is 0.377 e. The zero-order valence-electron chi connectivity index (χ0n) is 12.4. The number of hydrogen-bond donors (Lipinski definition) is 0. The van der Waals surface area contributed by atoms with Gasteiger partial charge in [0.05, 0.1) is 0 Å². The summed E-state index contributed by atoms with van der Waals surface area (Å²) in [5.74, 6) is 0. The third-order valence-electron chi connectivity index (χ3n) is 3.16. The minimum atomic E-state index is -2.38. The molecule has 0 aliphatic rings. The van der Waals surface area contributed by atoms with Gasteiger partial charge >= 0.3 is 8.80 Å². The van der Waals surface area contributed by atoms with E-state index in [0.717, 1.165) is 19.0 Å². The second-order valence-electron chi connectivity index (χ2n) is 4.82. The molecule has 17 heavy (non-hydrogen) atoms. The second kappa shape index (κ2) is 8.21. The molecule has 0 fully saturated rings. The third kappa shape index (κ3) is 5.48. The molecule has 0 saturated heterocycles. The molecule has 0 rings (SSSR count). The van der Waals surface area contributed by atoms with Crippen LogP contribution in [-0.2, 0) is 13.3 Å². The van der Waals surface area contributed by atoms with E-state index in [2.05, 4.69) is 32.6 Å². The van der Waals surface area contributed by atoms with Crippen molar-refractivity contribution in [1.82, 2.24) is 4.90 Å². The highest BCUT2D eigenvalue weighted by Crippen LogP contribution is 2.16. The van der Waals surface area contributed by atoms with E-state index in [0.29, 0.717) is 12.1 Å². The minimum Gasteiger partial charge on any atom is -0.377 e. The lowest BCUT2D eigenvalue weighted by Crippen LogP contribution is -2.44. The molecule has 0 N–H and O–H groups in total. The fraction of sp³-hybridized carbons (Fsp3) is 1.00.